The zero-order valence-electron chi connectivity index (χ0n) is 8.73. The third-order valence-electron chi connectivity index (χ3n) is 2.11. The van der Waals surface area contributed by atoms with Gasteiger partial charge in [-0.05, 0) is 13.3 Å². The maximum atomic E-state index is 11.4. The lowest BCUT2D eigenvalue weighted by Gasteiger charge is -2.20. The minimum atomic E-state index is -0.495. The van der Waals surface area contributed by atoms with Crippen LogP contribution in [0.5, 0.6) is 0 Å². The first-order chi connectivity index (χ1) is 5.81. The fourth-order valence-electron chi connectivity index (χ4n) is 0.540. The molecule has 74 valence electrons. The van der Waals surface area contributed by atoms with Gasteiger partial charge in [0.05, 0.1) is 0 Å². The van der Waals surface area contributed by atoms with Gasteiger partial charge in [-0.1, -0.05) is 27.4 Å². The summed E-state index contributed by atoms with van der Waals surface area (Å²) in [4.78, 5) is 22.5. The summed E-state index contributed by atoms with van der Waals surface area (Å²) in [7, 11) is 0. The molecule has 0 atom stereocenters. The van der Waals surface area contributed by atoms with Crippen LogP contribution < -0.4 is 5.32 Å². The molecular formula is C10H17NO2. The Labute approximate surface area is 79.2 Å². The van der Waals surface area contributed by atoms with Crippen LogP contribution in [0.1, 0.15) is 34.1 Å². The predicted octanol–water partition coefficient (Wildman–Crippen LogP) is 1.64. The van der Waals surface area contributed by atoms with E-state index in [-0.39, 0.29) is 5.91 Å². The van der Waals surface area contributed by atoms with Gasteiger partial charge in [-0.2, -0.15) is 0 Å². The molecule has 0 unspecified atom stereocenters. The van der Waals surface area contributed by atoms with Crippen LogP contribution in [0, 0.1) is 5.41 Å². The van der Waals surface area contributed by atoms with E-state index in [1.807, 2.05) is 6.92 Å². The summed E-state index contributed by atoms with van der Waals surface area (Å²) in [5.74, 6) is -0.644. The van der Waals surface area contributed by atoms with E-state index in [9.17, 15) is 9.59 Å². The standard InChI is InChI=1S/C10H17NO2/c1-6-10(4,5)9(13)11-8(12)7(2)3/h2,6H2,1,3-5H3,(H,11,12,13). The first-order valence-electron chi connectivity index (χ1n) is 4.32. The van der Waals surface area contributed by atoms with Gasteiger partial charge in [0.15, 0.2) is 0 Å². The topological polar surface area (TPSA) is 46.2 Å². The fraction of sp³-hybridized carbons (Fsp3) is 0.600. The van der Waals surface area contributed by atoms with Crippen molar-refractivity contribution < 1.29 is 9.59 Å². The molecule has 0 aliphatic heterocycles. The van der Waals surface area contributed by atoms with E-state index in [1.54, 1.807) is 20.8 Å². The molecule has 0 fully saturated rings. The molecule has 0 aliphatic carbocycles. The van der Waals surface area contributed by atoms with Gasteiger partial charge < -0.3 is 0 Å². The van der Waals surface area contributed by atoms with Crippen molar-refractivity contribution >= 4 is 11.8 Å². The minimum Gasteiger partial charge on any atom is -0.292 e. The van der Waals surface area contributed by atoms with Crippen molar-refractivity contribution in [3.05, 3.63) is 12.2 Å². The Hall–Kier alpha value is -1.12. The third kappa shape index (κ3) is 3.40. The Morgan fingerprint density at radius 1 is 1.38 bits per heavy atom. The van der Waals surface area contributed by atoms with Crippen molar-refractivity contribution in [1.29, 1.82) is 0 Å². The molecule has 0 aromatic rings. The number of rotatable bonds is 3. The average molecular weight is 183 g/mol. The van der Waals surface area contributed by atoms with Gasteiger partial charge in [-0.25, -0.2) is 0 Å². The fourth-order valence-corrected chi connectivity index (χ4v) is 0.540. The molecule has 0 aromatic heterocycles. The molecule has 2 amide bonds. The SMILES string of the molecule is C=C(C)C(=O)NC(=O)C(C)(C)CC. The second kappa shape index (κ2) is 4.21. The van der Waals surface area contributed by atoms with Crippen LogP contribution in [-0.2, 0) is 9.59 Å². The molecule has 0 saturated heterocycles. The predicted molar refractivity (Wildman–Crippen MR) is 52.0 cm³/mol. The first kappa shape index (κ1) is 11.9. The summed E-state index contributed by atoms with van der Waals surface area (Å²) in [5.41, 5.74) is -0.147. The Morgan fingerprint density at radius 3 is 2.15 bits per heavy atom. The molecule has 13 heavy (non-hydrogen) atoms. The van der Waals surface area contributed by atoms with Crippen LogP contribution in [0.25, 0.3) is 0 Å². The summed E-state index contributed by atoms with van der Waals surface area (Å²) in [6.07, 6.45) is 0.697. The highest BCUT2D eigenvalue weighted by atomic mass is 16.2. The lowest BCUT2D eigenvalue weighted by atomic mass is 9.89. The monoisotopic (exact) mass is 183 g/mol. The molecule has 1 N–H and O–H groups in total. The Morgan fingerprint density at radius 2 is 1.85 bits per heavy atom. The van der Waals surface area contributed by atoms with Crippen molar-refractivity contribution in [1.82, 2.24) is 5.32 Å². The Kier molecular flexibility index (Phi) is 3.85. The molecule has 0 radical (unpaired) electrons. The van der Waals surface area contributed by atoms with Crippen LogP contribution in [-0.4, -0.2) is 11.8 Å². The summed E-state index contributed by atoms with van der Waals surface area (Å²) in [6.45, 7) is 10.5. The van der Waals surface area contributed by atoms with Crippen LogP contribution in [0.2, 0.25) is 0 Å². The summed E-state index contributed by atoms with van der Waals surface area (Å²) in [6, 6.07) is 0. The highest BCUT2D eigenvalue weighted by Crippen LogP contribution is 2.19. The summed E-state index contributed by atoms with van der Waals surface area (Å²) >= 11 is 0. The number of carbonyl (C=O) groups is 2. The maximum Gasteiger partial charge on any atom is 0.252 e. The van der Waals surface area contributed by atoms with E-state index in [1.165, 1.54) is 0 Å². The van der Waals surface area contributed by atoms with Gasteiger partial charge in [0.2, 0.25) is 5.91 Å². The second-order valence-corrected chi connectivity index (χ2v) is 3.80. The smallest absolute Gasteiger partial charge is 0.252 e. The van der Waals surface area contributed by atoms with Crippen LogP contribution in [0.15, 0.2) is 12.2 Å². The van der Waals surface area contributed by atoms with Gasteiger partial charge in [0, 0.05) is 11.0 Å². The second-order valence-electron chi connectivity index (χ2n) is 3.80. The molecular weight excluding hydrogens is 166 g/mol. The number of carbonyl (C=O) groups excluding carboxylic acids is 2. The minimum absolute atomic E-state index is 0.247. The van der Waals surface area contributed by atoms with Gasteiger partial charge >= 0.3 is 0 Å². The highest BCUT2D eigenvalue weighted by Gasteiger charge is 2.26. The van der Waals surface area contributed by atoms with Crippen LogP contribution in [0.4, 0.5) is 0 Å². The van der Waals surface area contributed by atoms with E-state index >= 15 is 0 Å². The van der Waals surface area contributed by atoms with Gasteiger partial charge in [0.1, 0.15) is 0 Å². The number of amides is 2. The largest absolute Gasteiger partial charge is 0.292 e. The third-order valence-corrected chi connectivity index (χ3v) is 2.11. The van der Waals surface area contributed by atoms with E-state index < -0.39 is 11.3 Å². The van der Waals surface area contributed by atoms with Crippen molar-refractivity contribution in [3.8, 4) is 0 Å². The highest BCUT2D eigenvalue weighted by molar-refractivity contribution is 6.04. The number of nitrogens with one attached hydrogen (secondary N) is 1. The van der Waals surface area contributed by atoms with E-state index in [0.717, 1.165) is 0 Å². The zero-order chi connectivity index (χ0) is 10.6. The van der Waals surface area contributed by atoms with Gasteiger partial charge in [-0.3, -0.25) is 14.9 Å². The van der Waals surface area contributed by atoms with E-state index in [0.29, 0.717) is 12.0 Å². The van der Waals surface area contributed by atoms with E-state index in [2.05, 4.69) is 11.9 Å². The normalized spacial score (nSPS) is 10.8. The van der Waals surface area contributed by atoms with Crippen molar-refractivity contribution in [3.63, 3.8) is 0 Å². The lowest BCUT2D eigenvalue weighted by molar-refractivity contribution is -0.134. The lowest BCUT2D eigenvalue weighted by Crippen LogP contribution is -2.40. The Bertz CT molecular complexity index is 241. The quantitative estimate of drug-likeness (QED) is 0.676. The zero-order valence-corrected chi connectivity index (χ0v) is 8.73. The number of imide groups is 1. The molecule has 3 nitrogen and oxygen atoms in total. The molecule has 0 saturated carbocycles. The molecule has 0 rings (SSSR count). The molecule has 0 aliphatic rings. The van der Waals surface area contributed by atoms with Crippen LogP contribution >= 0.6 is 0 Å². The molecule has 3 heteroatoms. The van der Waals surface area contributed by atoms with Crippen molar-refractivity contribution in [2.24, 2.45) is 5.41 Å². The Balaban J connectivity index is 4.32. The molecule has 0 spiro atoms. The van der Waals surface area contributed by atoms with Crippen LogP contribution in [0.3, 0.4) is 0 Å². The maximum absolute atomic E-state index is 11.4. The number of hydrogen-bond donors (Lipinski definition) is 1. The van der Waals surface area contributed by atoms with E-state index in [4.69, 9.17) is 0 Å². The number of hydrogen-bond acceptors (Lipinski definition) is 2. The summed E-state index contributed by atoms with van der Waals surface area (Å²) in [5, 5.41) is 2.29. The first-order valence-corrected chi connectivity index (χ1v) is 4.32. The summed E-state index contributed by atoms with van der Waals surface area (Å²) < 4.78 is 0. The molecule has 0 aromatic carbocycles. The average Bonchev–Trinajstić information content (AvgIpc) is 2.04. The van der Waals surface area contributed by atoms with Crippen molar-refractivity contribution in [2.45, 2.75) is 34.1 Å². The molecule has 0 heterocycles. The van der Waals surface area contributed by atoms with Gasteiger partial charge in [-0.15, -0.1) is 0 Å². The van der Waals surface area contributed by atoms with Gasteiger partial charge in [0.25, 0.3) is 5.91 Å². The van der Waals surface area contributed by atoms with Crippen molar-refractivity contribution in [2.75, 3.05) is 0 Å². The molecule has 0 bridgehead atoms.